The highest BCUT2D eigenvalue weighted by molar-refractivity contribution is 7.89. The maximum Gasteiger partial charge on any atom is 0.241 e. The summed E-state index contributed by atoms with van der Waals surface area (Å²) in [7, 11) is -0.306. The molecule has 0 saturated carbocycles. The van der Waals surface area contributed by atoms with Crippen LogP contribution in [-0.4, -0.2) is 37.6 Å². The van der Waals surface area contributed by atoms with E-state index in [4.69, 9.17) is 4.52 Å². The van der Waals surface area contributed by atoms with E-state index in [1.807, 2.05) is 0 Å². The van der Waals surface area contributed by atoms with Crippen molar-refractivity contribution in [3.8, 4) is 0 Å². The summed E-state index contributed by atoms with van der Waals surface area (Å²) in [4.78, 5) is 10.1. The lowest BCUT2D eigenvalue weighted by molar-refractivity contribution is 0.387. The van der Waals surface area contributed by atoms with Crippen molar-refractivity contribution in [3.63, 3.8) is 0 Å². The Labute approximate surface area is 116 Å². The maximum absolute atomic E-state index is 11.6. The molecule has 0 amide bonds. The van der Waals surface area contributed by atoms with Gasteiger partial charge in [-0.1, -0.05) is 5.16 Å². The van der Waals surface area contributed by atoms with Crippen LogP contribution in [0.25, 0.3) is 0 Å². The quantitative estimate of drug-likeness (QED) is 0.847. The lowest BCUT2D eigenvalue weighted by atomic mass is 10.4. The Kier molecular flexibility index (Phi) is 4.00. The molecule has 9 heteroatoms. The molecule has 0 saturated heterocycles. The molecule has 2 aromatic rings. The second kappa shape index (κ2) is 5.55. The van der Waals surface area contributed by atoms with E-state index < -0.39 is 10.0 Å². The van der Waals surface area contributed by atoms with Gasteiger partial charge in [0.1, 0.15) is 10.7 Å². The first-order valence-electron chi connectivity index (χ1n) is 5.82. The minimum absolute atomic E-state index is 0.118. The van der Waals surface area contributed by atoms with Crippen molar-refractivity contribution in [2.24, 2.45) is 0 Å². The average molecular weight is 297 g/mol. The van der Waals surface area contributed by atoms with Gasteiger partial charge in [-0.3, -0.25) is 0 Å². The number of rotatable bonds is 5. The van der Waals surface area contributed by atoms with Gasteiger partial charge in [-0.25, -0.2) is 18.1 Å². The monoisotopic (exact) mass is 297 g/mol. The van der Waals surface area contributed by atoms with Crippen molar-refractivity contribution >= 4 is 15.8 Å². The van der Waals surface area contributed by atoms with E-state index in [9.17, 15) is 8.42 Å². The Morgan fingerprint density at radius 3 is 2.65 bits per heavy atom. The van der Waals surface area contributed by atoms with Gasteiger partial charge < -0.3 is 9.42 Å². The molecule has 108 valence electrons. The topological polar surface area (TPSA) is 101 Å². The predicted molar refractivity (Wildman–Crippen MR) is 71.6 cm³/mol. The molecule has 2 aromatic heterocycles. The molecule has 2 rings (SSSR count). The van der Waals surface area contributed by atoms with Crippen molar-refractivity contribution in [1.82, 2.24) is 19.8 Å². The molecule has 1 N–H and O–H groups in total. The number of pyridine rings is 1. The lowest BCUT2D eigenvalue weighted by Gasteiger charge is -2.16. The smallest absolute Gasteiger partial charge is 0.241 e. The third kappa shape index (κ3) is 3.11. The van der Waals surface area contributed by atoms with Crippen molar-refractivity contribution in [1.29, 1.82) is 0 Å². The van der Waals surface area contributed by atoms with Crippen LogP contribution in [0.3, 0.4) is 0 Å². The second-order valence-electron chi connectivity index (χ2n) is 4.15. The molecule has 0 atom stereocenters. The van der Waals surface area contributed by atoms with Gasteiger partial charge in [0, 0.05) is 20.2 Å². The van der Waals surface area contributed by atoms with Crippen LogP contribution < -0.4 is 9.62 Å². The summed E-state index contributed by atoms with van der Waals surface area (Å²) in [5.74, 6) is 1.65. The van der Waals surface area contributed by atoms with Gasteiger partial charge in [-0.05, 0) is 19.2 Å². The molecule has 0 aliphatic heterocycles. The van der Waals surface area contributed by atoms with Gasteiger partial charge in [0.05, 0.1) is 6.54 Å². The second-order valence-corrected chi connectivity index (χ2v) is 6.03. The van der Waals surface area contributed by atoms with Crippen LogP contribution in [0.5, 0.6) is 0 Å². The average Bonchev–Trinajstić information content (AvgIpc) is 2.84. The Morgan fingerprint density at radius 1 is 1.40 bits per heavy atom. The fourth-order valence-electron chi connectivity index (χ4n) is 1.57. The van der Waals surface area contributed by atoms with Crippen LogP contribution in [0.4, 0.5) is 5.82 Å². The van der Waals surface area contributed by atoms with E-state index in [0.29, 0.717) is 24.1 Å². The number of hydrogen-bond donors (Lipinski definition) is 1. The summed E-state index contributed by atoms with van der Waals surface area (Å²) >= 11 is 0. The Morgan fingerprint density at radius 2 is 2.15 bits per heavy atom. The van der Waals surface area contributed by atoms with Crippen LogP contribution in [0.1, 0.15) is 11.7 Å². The third-order valence-electron chi connectivity index (χ3n) is 2.64. The van der Waals surface area contributed by atoms with Gasteiger partial charge >= 0.3 is 0 Å². The number of aromatic nitrogens is 3. The molecular weight excluding hydrogens is 282 g/mol. The first-order chi connectivity index (χ1) is 9.42. The number of nitrogens with one attached hydrogen (secondary N) is 1. The van der Waals surface area contributed by atoms with E-state index in [2.05, 4.69) is 19.8 Å². The first-order valence-corrected chi connectivity index (χ1v) is 7.30. The molecule has 0 unspecified atom stereocenters. The summed E-state index contributed by atoms with van der Waals surface area (Å²) in [5, 5.41) is 3.79. The fraction of sp³-hybridized carbons (Fsp3) is 0.364. The number of anilines is 1. The molecule has 20 heavy (non-hydrogen) atoms. The van der Waals surface area contributed by atoms with Crippen LogP contribution in [0.15, 0.2) is 27.7 Å². The van der Waals surface area contributed by atoms with E-state index in [0.717, 1.165) is 0 Å². The summed E-state index contributed by atoms with van der Waals surface area (Å²) in [6.45, 7) is 2.13. The largest absolute Gasteiger partial charge is 0.352 e. The van der Waals surface area contributed by atoms with Crippen LogP contribution in [0, 0.1) is 6.92 Å². The highest BCUT2D eigenvalue weighted by Crippen LogP contribution is 2.14. The molecule has 0 spiro atoms. The van der Waals surface area contributed by atoms with Gasteiger partial charge in [0.15, 0.2) is 5.82 Å². The number of sulfonamides is 1. The van der Waals surface area contributed by atoms with Gasteiger partial charge in [-0.15, -0.1) is 0 Å². The summed E-state index contributed by atoms with van der Waals surface area (Å²) in [6.07, 6.45) is 1.30. The number of nitrogens with zero attached hydrogens (tertiary/aromatic N) is 4. The van der Waals surface area contributed by atoms with Crippen LogP contribution in [0.2, 0.25) is 0 Å². The van der Waals surface area contributed by atoms with Crippen LogP contribution >= 0.6 is 0 Å². The van der Waals surface area contributed by atoms with E-state index in [1.54, 1.807) is 24.9 Å². The van der Waals surface area contributed by atoms with Crippen molar-refractivity contribution in [2.75, 3.05) is 19.0 Å². The van der Waals surface area contributed by atoms with E-state index in [1.165, 1.54) is 19.3 Å². The minimum Gasteiger partial charge on any atom is -0.352 e. The van der Waals surface area contributed by atoms with E-state index >= 15 is 0 Å². The molecule has 2 heterocycles. The maximum atomic E-state index is 11.6. The summed E-state index contributed by atoms with van der Waals surface area (Å²) in [6, 6.07) is 3.11. The molecule has 0 bridgehead atoms. The number of hydrogen-bond acceptors (Lipinski definition) is 7. The summed E-state index contributed by atoms with van der Waals surface area (Å²) < 4.78 is 30.3. The zero-order chi connectivity index (χ0) is 14.8. The van der Waals surface area contributed by atoms with Crippen molar-refractivity contribution < 1.29 is 12.9 Å². The zero-order valence-electron chi connectivity index (χ0n) is 11.4. The molecule has 0 aliphatic rings. The van der Waals surface area contributed by atoms with Gasteiger partial charge in [0.25, 0.3) is 0 Å². The predicted octanol–water partition coefficient (Wildman–Crippen LogP) is 0.318. The SMILES string of the molecule is CNS(=O)(=O)c1ccc(N(C)Cc2noc(C)n2)nc1. The molecule has 0 aliphatic carbocycles. The first kappa shape index (κ1) is 14.4. The molecular formula is C11H15N5O3S. The summed E-state index contributed by atoms with van der Waals surface area (Å²) in [5.41, 5.74) is 0. The third-order valence-corrected chi connectivity index (χ3v) is 4.04. The normalized spacial score (nSPS) is 11.6. The fourth-order valence-corrected chi connectivity index (χ4v) is 2.25. The standard InChI is InChI=1S/C11H15N5O3S/c1-8-14-10(15-19-8)7-16(3)11-5-4-9(6-13-11)20(17,18)12-2/h4-6,12H,7H2,1-3H3. The lowest BCUT2D eigenvalue weighted by Crippen LogP contribution is -2.21. The van der Waals surface area contributed by atoms with Gasteiger partial charge in [0.2, 0.25) is 15.9 Å². The Balaban J connectivity index is 2.13. The van der Waals surface area contributed by atoms with E-state index in [-0.39, 0.29) is 4.90 Å². The number of aryl methyl sites for hydroxylation is 1. The molecule has 0 fully saturated rings. The molecule has 8 nitrogen and oxygen atoms in total. The van der Waals surface area contributed by atoms with Crippen molar-refractivity contribution in [3.05, 3.63) is 30.0 Å². The molecule has 0 aromatic carbocycles. The highest BCUT2D eigenvalue weighted by Gasteiger charge is 2.13. The van der Waals surface area contributed by atoms with Gasteiger partial charge in [-0.2, -0.15) is 4.98 Å². The zero-order valence-corrected chi connectivity index (χ0v) is 12.2. The highest BCUT2D eigenvalue weighted by atomic mass is 32.2. The van der Waals surface area contributed by atoms with Crippen molar-refractivity contribution in [2.45, 2.75) is 18.4 Å². The Hall–Kier alpha value is -2.00. The molecule has 0 radical (unpaired) electrons. The van der Waals surface area contributed by atoms with Crippen LogP contribution in [-0.2, 0) is 16.6 Å². The minimum atomic E-state index is -3.47. The Bertz CT molecular complexity index is 680.